The normalized spacial score (nSPS) is 16.2. The number of hydrogen-bond acceptors (Lipinski definition) is 3. The molecule has 0 unspecified atom stereocenters. The Hall–Kier alpha value is -2.92. The third kappa shape index (κ3) is 4.15. The number of carbonyl (C=O) groups is 1. The molecular formula is C23H25N3O2. The van der Waals surface area contributed by atoms with Gasteiger partial charge in [0.05, 0.1) is 18.6 Å². The van der Waals surface area contributed by atoms with E-state index in [9.17, 15) is 4.79 Å². The Balaban J connectivity index is 1.53. The van der Waals surface area contributed by atoms with E-state index in [0.717, 1.165) is 29.8 Å². The van der Waals surface area contributed by atoms with Crippen LogP contribution in [0.3, 0.4) is 0 Å². The summed E-state index contributed by atoms with van der Waals surface area (Å²) < 4.78 is 5.64. The monoisotopic (exact) mass is 375 g/mol. The zero-order chi connectivity index (χ0) is 19.3. The third-order valence-corrected chi connectivity index (χ3v) is 5.23. The zero-order valence-corrected chi connectivity index (χ0v) is 16.1. The number of carbonyl (C=O) groups excluding carboxylic acids is 1. The van der Waals surface area contributed by atoms with E-state index < -0.39 is 0 Å². The highest BCUT2D eigenvalue weighted by Crippen LogP contribution is 2.22. The number of nitrogens with zero attached hydrogens (tertiary/aromatic N) is 2. The van der Waals surface area contributed by atoms with Crippen LogP contribution in [-0.4, -0.2) is 33.5 Å². The van der Waals surface area contributed by atoms with Crippen molar-refractivity contribution in [3.63, 3.8) is 0 Å². The fraction of sp³-hybridized carbons (Fsp3) is 0.304. The molecule has 144 valence electrons. The van der Waals surface area contributed by atoms with Crippen LogP contribution in [0.25, 0.3) is 11.1 Å². The van der Waals surface area contributed by atoms with Gasteiger partial charge in [0, 0.05) is 18.8 Å². The standard InChI is InChI=1S/C23H25N3O2/c1-17-21(25-16-24-17)15-26(23(27)22-8-5-13-28-22)14-18-9-11-20(12-10-18)19-6-3-2-4-7-19/h2-4,6-7,9-12,16,22H,5,8,13-15H2,1H3,(H,24,25)/t22-/m0/s1. The molecule has 1 aromatic heterocycles. The highest BCUT2D eigenvalue weighted by molar-refractivity contribution is 5.81. The zero-order valence-electron chi connectivity index (χ0n) is 16.1. The Morgan fingerprint density at radius 1 is 1.11 bits per heavy atom. The van der Waals surface area contributed by atoms with Crippen LogP contribution in [0, 0.1) is 6.92 Å². The van der Waals surface area contributed by atoms with Crippen LogP contribution in [0.1, 0.15) is 29.8 Å². The lowest BCUT2D eigenvalue weighted by molar-refractivity contribution is -0.142. The molecule has 28 heavy (non-hydrogen) atoms. The second kappa shape index (κ2) is 8.40. The van der Waals surface area contributed by atoms with Gasteiger partial charge in [-0.1, -0.05) is 54.6 Å². The molecule has 0 spiro atoms. The molecule has 4 rings (SSSR count). The molecule has 5 heteroatoms. The predicted molar refractivity (Wildman–Crippen MR) is 108 cm³/mol. The van der Waals surface area contributed by atoms with E-state index in [0.29, 0.717) is 19.7 Å². The minimum atomic E-state index is -0.331. The molecule has 2 aromatic carbocycles. The molecule has 0 radical (unpaired) electrons. The van der Waals surface area contributed by atoms with E-state index in [-0.39, 0.29) is 12.0 Å². The van der Waals surface area contributed by atoms with Crippen molar-refractivity contribution < 1.29 is 9.53 Å². The lowest BCUT2D eigenvalue weighted by atomic mass is 10.0. The van der Waals surface area contributed by atoms with Gasteiger partial charge in [0.1, 0.15) is 6.10 Å². The van der Waals surface area contributed by atoms with Gasteiger partial charge in [-0.25, -0.2) is 4.98 Å². The van der Waals surface area contributed by atoms with Crippen molar-refractivity contribution >= 4 is 5.91 Å². The quantitative estimate of drug-likeness (QED) is 0.706. The summed E-state index contributed by atoms with van der Waals surface area (Å²) in [7, 11) is 0. The van der Waals surface area contributed by atoms with Crippen LogP contribution < -0.4 is 0 Å². The molecule has 5 nitrogen and oxygen atoms in total. The van der Waals surface area contributed by atoms with Crippen LogP contribution in [0.2, 0.25) is 0 Å². The molecule has 0 saturated carbocycles. The van der Waals surface area contributed by atoms with Crippen molar-refractivity contribution in [3.8, 4) is 11.1 Å². The number of imidazole rings is 1. The summed E-state index contributed by atoms with van der Waals surface area (Å²) in [6.07, 6.45) is 3.08. The largest absolute Gasteiger partial charge is 0.368 e. The van der Waals surface area contributed by atoms with Gasteiger partial charge < -0.3 is 14.6 Å². The van der Waals surface area contributed by atoms with E-state index in [4.69, 9.17) is 4.74 Å². The fourth-order valence-corrected chi connectivity index (χ4v) is 3.57. The van der Waals surface area contributed by atoms with Crippen molar-refractivity contribution in [2.24, 2.45) is 0 Å². The molecule has 2 heterocycles. The number of ether oxygens (including phenoxy) is 1. The fourth-order valence-electron chi connectivity index (χ4n) is 3.57. The van der Waals surface area contributed by atoms with Gasteiger partial charge in [-0.05, 0) is 36.5 Å². The van der Waals surface area contributed by atoms with E-state index in [1.807, 2.05) is 30.0 Å². The topological polar surface area (TPSA) is 58.2 Å². The van der Waals surface area contributed by atoms with E-state index in [1.165, 1.54) is 11.1 Å². The summed E-state index contributed by atoms with van der Waals surface area (Å²) >= 11 is 0. The molecule has 1 fully saturated rings. The van der Waals surface area contributed by atoms with Crippen molar-refractivity contribution in [3.05, 3.63) is 77.9 Å². The summed E-state index contributed by atoms with van der Waals surface area (Å²) in [5, 5.41) is 0. The molecule has 1 aliphatic rings. The lowest BCUT2D eigenvalue weighted by Gasteiger charge is -2.25. The number of hydrogen-bond donors (Lipinski definition) is 1. The number of aromatic amines is 1. The van der Waals surface area contributed by atoms with E-state index in [2.05, 4.69) is 46.4 Å². The van der Waals surface area contributed by atoms with Crippen molar-refractivity contribution in [1.82, 2.24) is 14.9 Å². The number of amides is 1. The van der Waals surface area contributed by atoms with Crippen molar-refractivity contribution in [1.29, 1.82) is 0 Å². The van der Waals surface area contributed by atoms with Gasteiger partial charge in [0.15, 0.2) is 0 Å². The Labute approximate surface area is 165 Å². The minimum absolute atomic E-state index is 0.0482. The number of H-pyrrole nitrogens is 1. The third-order valence-electron chi connectivity index (χ3n) is 5.23. The average Bonchev–Trinajstić information content (AvgIpc) is 3.41. The summed E-state index contributed by atoms with van der Waals surface area (Å²) in [4.78, 5) is 22.4. The molecule has 0 aliphatic carbocycles. The molecular weight excluding hydrogens is 350 g/mol. The van der Waals surface area contributed by atoms with Gasteiger partial charge in [-0.3, -0.25) is 4.79 Å². The molecule has 1 N–H and O–H groups in total. The number of aromatic nitrogens is 2. The molecule has 1 atom stereocenters. The maximum Gasteiger partial charge on any atom is 0.252 e. The minimum Gasteiger partial charge on any atom is -0.368 e. The Morgan fingerprint density at radius 2 is 1.86 bits per heavy atom. The number of benzene rings is 2. The number of rotatable bonds is 6. The molecule has 0 bridgehead atoms. The number of aryl methyl sites for hydroxylation is 1. The molecule has 1 saturated heterocycles. The maximum atomic E-state index is 13.0. The van der Waals surface area contributed by atoms with Crippen LogP contribution >= 0.6 is 0 Å². The molecule has 1 amide bonds. The SMILES string of the molecule is Cc1[nH]cnc1CN(Cc1ccc(-c2ccccc2)cc1)C(=O)[C@@H]1CCCO1. The van der Waals surface area contributed by atoms with Gasteiger partial charge >= 0.3 is 0 Å². The first kappa shape index (κ1) is 18.4. The first-order valence-corrected chi connectivity index (χ1v) is 9.74. The maximum absolute atomic E-state index is 13.0. The van der Waals surface area contributed by atoms with Crippen LogP contribution in [0.15, 0.2) is 60.9 Å². The Kier molecular flexibility index (Phi) is 5.53. The van der Waals surface area contributed by atoms with E-state index in [1.54, 1.807) is 6.33 Å². The first-order chi connectivity index (χ1) is 13.7. The first-order valence-electron chi connectivity index (χ1n) is 9.74. The van der Waals surface area contributed by atoms with Gasteiger partial charge in [-0.2, -0.15) is 0 Å². The Bertz CT molecular complexity index is 913. The van der Waals surface area contributed by atoms with Crippen LogP contribution in [0.4, 0.5) is 0 Å². The second-order valence-electron chi connectivity index (χ2n) is 7.23. The molecule has 1 aliphatic heterocycles. The molecule has 3 aromatic rings. The average molecular weight is 375 g/mol. The highest BCUT2D eigenvalue weighted by atomic mass is 16.5. The summed E-state index contributed by atoms with van der Waals surface area (Å²) in [5.41, 5.74) is 5.34. The van der Waals surface area contributed by atoms with Gasteiger partial charge in [-0.15, -0.1) is 0 Å². The van der Waals surface area contributed by atoms with Gasteiger partial charge in [0.25, 0.3) is 5.91 Å². The highest BCUT2D eigenvalue weighted by Gasteiger charge is 2.29. The second-order valence-corrected chi connectivity index (χ2v) is 7.23. The van der Waals surface area contributed by atoms with Gasteiger partial charge in [0.2, 0.25) is 0 Å². The summed E-state index contributed by atoms with van der Waals surface area (Å²) in [5.74, 6) is 0.0482. The Morgan fingerprint density at radius 3 is 2.50 bits per heavy atom. The predicted octanol–water partition coefficient (Wildman–Crippen LogP) is 4.09. The number of nitrogens with one attached hydrogen (secondary N) is 1. The van der Waals surface area contributed by atoms with Crippen molar-refractivity contribution in [2.75, 3.05) is 6.61 Å². The smallest absolute Gasteiger partial charge is 0.252 e. The summed E-state index contributed by atoms with van der Waals surface area (Å²) in [6.45, 7) is 3.66. The van der Waals surface area contributed by atoms with Crippen LogP contribution in [-0.2, 0) is 22.6 Å². The summed E-state index contributed by atoms with van der Waals surface area (Å²) in [6, 6.07) is 18.7. The van der Waals surface area contributed by atoms with E-state index >= 15 is 0 Å². The lowest BCUT2D eigenvalue weighted by Crippen LogP contribution is -2.38. The van der Waals surface area contributed by atoms with Crippen molar-refractivity contribution in [2.45, 2.75) is 39.0 Å². The van der Waals surface area contributed by atoms with Crippen LogP contribution in [0.5, 0.6) is 0 Å².